The fraction of sp³-hybridized carbons (Fsp3) is 0.889. The van der Waals surface area contributed by atoms with Crippen LogP contribution in [0, 0.1) is 0 Å². The molecule has 0 aromatic rings. The number of nitrogens with one attached hydrogen (secondary N) is 1. The van der Waals surface area contributed by atoms with Gasteiger partial charge in [0.15, 0.2) is 0 Å². The first-order valence-electron chi connectivity index (χ1n) is 4.79. The van der Waals surface area contributed by atoms with Gasteiger partial charge in [-0.1, -0.05) is 6.92 Å². The van der Waals surface area contributed by atoms with E-state index >= 15 is 0 Å². The van der Waals surface area contributed by atoms with Crippen LogP contribution in [-0.2, 0) is 4.79 Å². The van der Waals surface area contributed by atoms with E-state index in [0.29, 0.717) is 6.04 Å². The van der Waals surface area contributed by atoms with Gasteiger partial charge in [0.2, 0.25) is 0 Å². The molecular weight excluding hydrogens is 198 g/mol. The Labute approximate surface area is 90.6 Å². The smallest absolute Gasteiger partial charge is 0.251 e. The van der Waals surface area contributed by atoms with Crippen LogP contribution >= 0.6 is 11.8 Å². The maximum Gasteiger partial charge on any atom is 0.251 e. The predicted octanol–water partition coefficient (Wildman–Crippen LogP) is 0.438. The van der Waals surface area contributed by atoms with Gasteiger partial charge in [0.05, 0.1) is 6.04 Å². The highest BCUT2D eigenvalue weighted by atomic mass is 32.2. The summed E-state index contributed by atoms with van der Waals surface area (Å²) >= 11 is 1.78. The standard InChI is InChI=1S/C9H21N3OS/c1-5-8(9(13)11-10)12(3)7(2)6-14-4/h7-8H,5-6,10H2,1-4H3,(H,11,13). The van der Waals surface area contributed by atoms with Gasteiger partial charge in [0.1, 0.15) is 0 Å². The highest BCUT2D eigenvalue weighted by Gasteiger charge is 2.23. The molecule has 3 N–H and O–H groups in total. The Hall–Kier alpha value is -0.260. The first kappa shape index (κ1) is 13.7. The molecule has 0 aliphatic heterocycles. The number of nitrogens with two attached hydrogens (primary N) is 1. The number of hydrogen-bond acceptors (Lipinski definition) is 4. The quantitative estimate of drug-likeness (QED) is 0.386. The van der Waals surface area contributed by atoms with Gasteiger partial charge in [0.25, 0.3) is 5.91 Å². The van der Waals surface area contributed by atoms with E-state index in [-0.39, 0.29) is 11.9 Å². The molecule has 5 heteroatoms. The first-order valence-corrected chi connectivity index (χ1v) is 6.19. The molecule has 0 spiro atoms. The van der Waals surface area contributed by atoms with Gasteiger partial charge in [0, 0.05) is 11.8 Å². The molecule has 0 aliphatic rings. The molecule has 2 atom stereocenters. The zero-order chi connectivity index (χ0) is 11.1. The minimum atomic E-state index is -0.123. The van der Waals surface area contributed by atoms with Crippen molar-refractivity contribution in [2.24, 2.45) is 5.84 Å². The third-order valence-electron chi connectivity index (χ3n) is 2.43. The normalized spacial score (nSPS) is 15.3. The second-order valence-electron chi connectivity index (χ2n) is 3.40. The van der Waals surface area contributed by atoms with E-state index in [9.17, 15) is 4.79 Å². The van der Waals surface area contributed by atoms with Crippen molar-refractivity contribution >= 4 is 17.7 Å². The molecular formula is C9H21N3OS. The Balaban J connectivity index is 4.29. The zero-order valence-corrected chi connectivity index (χ0v) is 10.2. The monoisotopic (exact) mass is 219 g/mol. The Morgan fingerprint density at radius 3 is 2.57 bits per heavy atom. The molecule has 4 nitrogen and oxygen atoms in total. The number of carbonyl (C=O) groups excluding carboxylic acids is 1. The largest absolute Gasteiger partial charge is 0.293 e. The number of thioether (sulfide) groups is 1. The highest BCUT2D eigenvalue weighted by Crippen LogP contribution is 2.10. The second-order valence-corrected chi connectivity index (χ2v) is 4.31. The summed E-state index contributed by atoms with van der Waals surface area (Å²) in [6.45, 7) is 4.10. The number of nitrogens with zero attached hydrogens (tertiary/aromatic N) is 1. The molecule has 0 saturated heterocycles. The summed E-state index contributed by atoms with van der Waals surface area (Å²) in [5, 5.41) is 0. The third-order valence-corrected chi connectivity index (χ3v) is 3.24. The van der Waals surface area contributed by atoms with Crippen LogP contribution in [0.2, 0.25) is 0 Å². The minimum Gasteiger partial charge on any atom is -0.293 e. The third kappa shape index (κ3) is 3.86. The van der Waals surface area contributed by atoms with Gasteiger partial charge in [-0.15, -0.1) is 0 Å². The van der Waals surface area contributed by atoms with Crippen molar-refractivity contribution in [1.29, 1.82) is 0 Å². The summed E-state index contributed by atoms with van der Waals surface area (Å²) in [7, 11) is 1.96. The number of carbonyl (C=O) groups is 1. The van der Waals surface area contributed by atoms with E-state index in [0.717, 1.165) is 12.2 Å². The molecule has 0 aliphatic carbocycles. The SMILES string of the molecule is CCC(C(=O)NN)N(C)C(C)CSC. The van der Waals surface area contributed by atoms with Crippen molar-refractivity contribution in [3.05, 3.63) is 0 Å². The van der Waals surface area contributed by atoms with Crippen molar-refractivity contribution < 1.29 is 4.79 Å². The number of hydrazine groups is 1. The Bertz CT molecular complexity index is 177. The molecule has 0 bridgehead atoms. The number of likely N-dealkylation sites (N-methyl/N-ethyl adjacent to an activating group) is 1. The molecule has 0 aromatic heterocycles. The number of rotatable bonds is 6. The molecule has 84 valence electrons. The molecule has 0 heterocycles. The summed E-state index contributed by atoms with van der Waals surface area (Å²) in [6.07, 6.45) is 2.84. The first-order chi connectivity index (χ1) is 6.58. The van der Waals surface area contributed by atoms with Crippen LogP contribution in [0.3, 0.4) is 0 Å². The average Bonchev–Trinajstić information content (AvgIpc) is 2.18. The van der Waals surface area contributed by atoms with Crippen LogP contribution < -0.4 is 11.3 Å². The van der Waals surface area contributed by atoms with Gasteiger partial charge in [-0.25, -0.2) is 5.84 Å². The topological polar surface area (TPSA) is 58.4 Å². The van der Waals surface area contributed by atoms with Crippen molar-refractivity contribution in [2.45, 2.75) is 32.4 Å². The fourth-order valence-electron chi connectivity index (χ4n) is 1.42. The van der Waals surface area contributed by atoms with Crippen molar-refractivity contribution in [3.8, 4) is 0 Å². The van der Waals surface area contributed by atoms with Crippen molar-refractivity contribution in [3.63, 3.8) is 0 Å². The molecule has 1 amide bonds. The zero-order valence-electron chi connectivity index (χ0n) is 9.41. The van der Waals surface area contributed by atoms with E-state index in [1.54, 1.807) is 11.8 Å². The summed E-state index contributed by atoms with van der Waals surface area (Å²) in [5.74, 6) is 6.04. The summed E-state index contributed by atoms with van der Waals surface area (Å²) < 4.78 is 0. The maximum atomic E-state index is 11.4. The molecule has 14 heavy (non-hydrogen) atoms. The molecule has 0 saturated carbocycles. The lowest BCUT2D eigenvalue weighted by Crippen LogP contribution is -2.50. The van der Waals surface area contributed by atoms with Crippen LogP contribution in [0.5, 0.6) is 0 Å². The maximum absolute atomic E-state index is 11.4. The van der Waals surface area contributed by atoms with Crippen LogP contribution in [-0.4, -0.2) is 41.9 Å². The van der Waals surface area contributed by atoms with Crippen molar-refractivity contribution in [1.82, 2.24) is 10.3 Å². The minimum absolute atomic E-state index is 0.108. The molecule has 2 unspecified atom stereocenters. The summed E-state index contributed by atoms with van der Waals surface area (Å²) in [6, 6.07) is 0.259. The fourth-order valence-corrected chi connectivity index (χ4v) is 2.14. The van der Waals surface area contributed by atoms with E-state index in [1.807, 2.05) is 14.0 Å². The van der Waals surface area contributed by atoms with Gasteiger partial charge >= 0.3 is 0 Å². The Morgan fingerprint density at radius 2 is 2.21 bits per heavy atom. The predicted molar refractivity (Wildman–Crippen MR) is 62.0 cm³/mol. The number of hydrogen-bond donors (Lipinski definition) is 2. The van der Waals surface area contributed by atoms with Gasteiger partial charge in [-0.2, -0.15) is 11.8 Å². The molecule has 0 aromatic carbocycles. The lowest BCUT2D eigenvalue weighted by molar-refractivity contribution is -0.126. The van der Waals surface area contributed by atoms with Gasteiger partial charge < -0.3 is 0 Å². The van der Waals surface area contributed by atoms with E-state index in [2.05, 4.69) is 23.5 Å². The lowest BCUT2D eigenvalue weighted by Gasteiger charge is -2.30. The van der Waals surface area contributed by atoms with Crippen LogP contribution in [0.15, 0.2) is 0 Å². The van der Waals surface area contributed by atoms with Crippen LogP contribution in [0.1, 0.15) is 20.3 Å². The van der Waals surface area contributed by atoms with Crippen LogP contribution in [0.4, 0.5) is 0 Å². The van der Waals surface area contributed by atoms with Gasteiger partial charge in [-0.3, -0.25) is 15.1 Å². The number of amides is 1. The average molecular weight is 219 g/mol. The molecule has 0 fully saturated rings. The molecule has 0 radical (unpaired) electrons. The van der Waals surface area contributed by atoms with E-state index in [4.69, 9.17) is 5.84 Å². The van der Waals surface area contributed by atoms with Crippen molar-refractivity contribution in [2.75, 3.05) is 19.1 Å². The lowest BCUT2D eigenvalue weighted by atomic mass is 10.1. The van der Waals surface area contributed by atoms with E-state index < -0.39 is 0 Å². The summed E-state index contributed by atoms with van der Waals surface area (Å²) in [5.41, 5.74) is 2.21. The second kappa shape index (κ2) is 7.09. The summed E-state index contributed by atoms with van der Waals surface area (Å²) in [4.78, 5) is 13.5. The van der Waals surface area contributed by atoms with Crippen LogP contribution in [0.25, 0.3) is 0 Å². The highest BCUT2D eigenvalue weighted by molar-refractivity contribution is 7.98. The Kier molecular flexibility index (Phi) is 6.96. The van der Waals surface area contributed by atoms with Gasteiger partial charge in [-0.05, 0) is 26.6 Å². The van der Waals surface area contributed by atoms with E-state index in [1.165, 1.54) is 0 Å². The molecule has 0 rings (SSSR count). The Morgan fingerprint density at radius 1 is 1.64 bits per heavy atom.